The molecule has 0 spiro atoms. The first kappa shape index (κ1) is 19.1. The van der Waals surface area contributed by atoms with Crippen molar-refractivity contribution in [3.8, 4) is 5.75 Å². The number of rotatable bonds is 7. The van der Waals surface area contributed by atoms with Crippen molar-refractivity contribution in [3.63, 3.8) is 0 Å². The maximum atomic E-state index is 12.0. The number of alkyl carbamates (subject to hydrolysis) is 1. The zero-order valence-corrected chi connectivity index (χ0v) is 14.7. The summed E-state index contributed by atoms with van der Waals surface area (Å²) in [5, 5.41) is 2.48. The van der Waals surface area contributed by atoms with E-state index in [-0.39, 0.29) is 6.61 Å². The Balaban J connectivity index is 1.96. The summed E-state index contributed by atoms with van der Waals surface area (Å²) in [5.74, 6) is 0.140. The molecule has 6 heteroatoms. The number of benzene rings is 2. The van der Waals surface area contributed by atoms with E-state index in [0.29, 0.717) is 0 Å². The van der Waals surface area contributed by atoms with Gasteiger partial charge in [-0.3, -0.25) is 0 Å². The van der Waals surface area contributed by atoms with Gasteiger partial charge in [-0.1, -0.05) is 54.6 Å². The monoisotopic (exact) mass is 355 g/mol. The van der Waals surface area contributed by atoms with Gasteiger partial charge < -0.3 is 19.5 Å². The molecule has 0 saturated heterocycles. The van der Waals surface area contributed by atoms with Crippen molar-refractivity contribution in [1.82, 2.24) is 5.32 Å². The van der Waals surface area contributed by atoms with Crippen LogP contribution in [0.1, 0.15) is 11.1 Å². The summed E-state index contributed by atoms with van der Waals surface area (Å²) in [5.41, 5.74) is 1.70. The van der Waals surface area contributed by atoms with Gasteiger partial charge in [0.05, 0.1) is 14.2 Å². The smallest absolute Gasteiger partial charge is 0.408 e. The maximum Gasteiger partial charge on any atom is 0.408 e. The number of esters is 1. The molecule has 0 aliphatic heterocycles. The van der Waals surface area contributed by atoms with Crippen molar-refractivity contribution in [2.45, 2.75) is 12.6 Å². The minimum absolute atomic E-state index is 0.114. The number of hydrogen-bond donors (Lipinski definition) is 1. The highest BCUT2D eigenvalue weighted by molar-refractivity contribution is 5.84. The number of carbonyl (C=O) groups is 2. The van der Waals surface area contributed by atoms with Crippen LogP contribution in [0.25, 0.3) is 6.08 Å². The van der Waals surface area contributed by atoms with Gasteiger partial charge in [0.1, 0.15) is 18.4 Å². The van der Waals surface area contributed by atoms with E-state index in [1.807, 2.05) is 42.5 Å². The Hall–Kier alpha value is -3.28. The van der Waals surface area contributed by atoms with Crippen LogP contribution in [0.15, 0.2) is 60.7 Å². The predicted octanol–water partition coefficient (Wildman–Crippen LogP) is 3.18. The second-order valence-corrected chi connectivity index (χ2v) is 5.34. The number of methoxy groups -OCH3 is 2. The van der Waals surface area contributed by atoms with Crippen molar-refractivity contribution in [2.24, 2.45) is 0 Å². The van der Waals surface area contributed by atoms with Crippen molar-refractivity contribution in [3.05, 3.63) is 71.8 Å². The molecule has 0 aliphatic rings. The molecule has 0 fully saturated rings. The van der Waals surface area contributed by atoms with E-state index >= 15 is 0 Å². The Kier molecular flexibility index (Phi) is 7.24. The molecule has 0 bridgehead atoms. The van der Waals surface area contributed by atoms with Crippen LogP contribution in [0.2, 0.25) is 0 Å². The van der Waals surface area contributed by atoms with Crippen LogP contribution in [0.4, 0.5) is 4.79 Å². The van der Waals surface area contributed by atoms with Crippen molar-refractivity contribution in [1.29, 1.82) is 0 Å². The first-order valence-electron chi connectivity index (χ1n) is 7.99. The Bertz CT molecular complexity index is 741. The predicted molar refractivity (Wildman–Crippen MR) is 97.6 cm³/mol. The van der Waals surface area contributed by atoms with Gasteiger partial charge in [-0.15, -0.1) is 0 Å². The van der Waals surface area contributed by atoms with Gasteiger partial charge >= 0.3 is 12.1 Å². The zero-order valence-electron chi connectivity index (χ0n) is 14.7. The first-order chi connectivity index (χ1) is 12.6. The average molecular weight is 355 g/mol. The van der Waals surface area contributed by atoms with Gasteiger partial charge in [-0.05, 0) is 23.3 Å². The van der Waals surface area contributed by atoms with Gasteiger partial charge in [0.2, 0.25) is 0 Å². The summed E-state index contributed by atoms with van der Waals surface area (Å²) in [4.78, 5) is 23.8. The Morgan fingerprint density at radius 3 is 2.35 bits per heavy atom. The third-order valence-corrected chi connectivity index (χ3v) is 3.54. The minimum atomic E-state index is -0.953. The first-order valence-corrected chi connectivity index (χ1v) is 7.99. The molecule has 6 nitrogen and oxygen atoms in total. The van der Waals surface area contributed by atoms with Gasteiger partial charge in [0.25, 0.3) is 0 Å². The van der Waals surface area contributed by atoms with E-state index in [0.717, 1.165) is 16.9 Å². The van der Waals surface area contributed by atoms with E-state index in [9.17, 15) is 9.59 Å². The van der Waals surface area contributed by atoms with Gasteiger partial charge in [-0.2, -0.15) is 0 Å². The van der Waals surface area contributed by atoms with E-state index in [1.165, 1.54) is 13.2 Å². The highest BCUT2D eigenvalue weighted by Gasteiger charge is 2.19. The molecule has 2 rings (SSSR count). The molecule has 0 heterocycles. The molecule has 26 heavy (non-hydrogen) atoms. The lowest BCUT2D eigenvalue weighted by molar-refractivity contribution is -0.141. The van der Waals surface area contributed by atoms with Gasteiger partial charge in [0, 0.05) is 0 Å². The zero-order chi connectivity index (χ0) is 18.8. The van der Waals surface area contributed by atoms with E-state index in [2.05, 4.69) is 5.32 Å². The summed E-state index contributed by atoms with van der Waals surface area (Å²) in [6, 6.07) is 15.6. The van der Waals surface area contributed by atoms with Crippen LogP contribution in [-0.2, 0) is 20.9 Å². The largest absolute Gasteiger partial charge is 0.497 e. The van der Waals surface area contributed by atoms with Gasteiger partial charge in [0.15, 0.2) is 0 Å². The molecule has 1 unspecified atom stereocenters. The van der Waals surface area contributed by atoms with Crippen molar-refractivity contribution in [2.75, 3.05) is 14.2 Å². The summed E-state index contributed by atoms with van der Waals surface area (Å²) in [7, 11) is 2.84. The lowest BCUT2D eigenvalue weighted by Gasteiger charge is -2.13. The van der Waals surface area contributed by atoms with Crippen LogP contribution in [0.3, 0.4) is 0 Å². The molecular weight excluding hydrogens is 334 g/mol. The Labute approximate surface area is 152 Å². The number of nitrogens with one attached hydrogen (secondary N) is 1. The van der Waals surface area contributed by atoms with E-state index < -0.39 is 18.1 Å². The number of amides is 1. The molecule has 0 aliphatic carbocycles. The summed E-state index contributed by atoms with van der Waals surface area (Å²) in [6.07, 6.45) is 2.54. The summed E-state index contributed by atoms with van der Waals surface area (Å²) < 4.78 is 14.9. The molecule has 136 valence electrons. The van der Waals surface area contributed by atoms with Crippen molar-refractivity contribution < 1.29 is 23.8 Å². The molecule has 1 amide bonds. The maximum absolute atomic E-state index is 12.0. The molecular formula is C20H21NO5. The highest BCUT2D eigenvalue weighted by atomic mass is 16.6. The molecule has 0 aromatic heterocycles. The van der Waals surface area contributed by atoms with Crippen LogP contribution in [0, 0.1) is 0 Å². The lowest BCUT2D eigenvalue weighted by atomic mass is 10.1. The fraction of sp³-hybridized carbons (Fsp3) is 0.200. The van der Waals surface area contributed by atoms with Crippen LogP contribution >= 0.6 is 0 Å². The molecule has 0 saturated carbocycles. The van der Waals surface area contributed by atoms with Gasteiger partial charge in [-0.25, -0.2) is 9.59 Å². The van der Waals surface area contributed by atoms with E-state index in [4.69, 9.17) is 14.2 Å². The molecule has 1 atom stereocenters. The van der Waals surface area contributed by atoms with Crippen LogP contribution < -0.4 is 10.1 Å². The van der Waals surface area contributed by atoms with Crippen molar-refractivity contribution >= 4 is 18.1 Å². The molecule has 2 aromatic rings. The SMILES string of the molecule is COC(=O)C(/C=C/c1ccc(OC)cc1)NC(=O)OCc1ccccc1. The summed E-state index contributed by atoms with van der Waals surface area (Å²) >= 11 is 0. The molecule has 1 N–H and O–H groups in total. The number of carbonyl (C=O) groups excluding carboxylic acids is 2. The number of ether oxygens (including phenoxy) is 3. The van der Waals surface area contributed by atoms with Crippen LogP contribution in [0.5, 0.6) is 5.75 Å². The third kappa shape index (κ3) is 5.98. The topological polar surface area (TPSA) is 73.9 Å². The minimum Gasteiger partial charge on any atom is -0.497 e. The van der Waals surface area contributed by atoms with E-state index in [1.54, 1.807) is 25.3 Å². The second-order valence-electron chi connectivity index (χ2n) is 5.34. The third-order valence-electron chi connectivity index (χ3n) is 3.54. The molecule has 0 radical (unpaired) electrons. The Morgan fingerprint density at radius 1 is 1.04 bits per heavy atom. The van der Waals surface area contributed by atoms with Crippen LogP contribution in [-0.4, -0.2) is 32.3 Å². The second kappa shape index (κ2) is 9.88. The lowest BCUT2D eigenvalue weighted by Crippen LogP contribution is -2.40. The normalized spacial score (nSPS) is 11.6. The standard InChI is InChI=1S/C20H21NO5/c1-24-17-11-8-15(9-12-17)10-13-18(19(22)25-2)21-20(23)26-14-16-6-4-3-5-7-16/h3-13,18H,14H2,1-2H3,(H,21,23)/b13-10+. The number of hydrogen-bond acceptors (Lipinski definition) is 5. The fourth-order valence-electron chi connectivity index (χ4n) is 2.13. The highest BCUT2D eigenvalue weighted by Crippen LogP contribution is 2.12. The fourth-order valence-corrected chi connectivity index (χ4v) is 2.13. The molecule has 2 aromatic carbocycles. The average Bonchev–Trinajstić information content (AvgIpc) is 2.70. The summed E-state index contributed by atoms with van der Waals surface area (Å²) in [6.45, 7) is 0.114. The quantitative estimate of drug-likeness (QED) is 0.772. The Morgan fingerprint density at radius 2 is 1.73 bits per heavy atom.